The van der Waals surface area contributed by atoms with Gasteiger partial charge >= 0.3 is 0 Å². The Morgan fingerprint density at radius 2 is 2.00 bits per heavy atom. The van der Waals surface area contributed by atoms with E-state index in [4.69, 9.17) is 4.42 Å². The van der Waals surface area contributed by atoms with Gasteiger partial charge < -0.3 is 14.2 Å². The number of piperazine rings is 1. The molecule has 1 aromatic heterocycles. The highest BCUT2D eigenvalue weighted by molar-refractivity contribution is 7.89. The minimum Gasteiger partial charge on any atom is -0.467 e. The van der Waals surface area contributed by atoms with Crippen molar-refractivity contribution in [2.45, 2.75) is 11.4 Å². The monoisotopic (exact) mass is 395 g/mol. The summed E-state index contributed by atoms with van der Waals surface area (Å²) in [6.45, 7) is 2.57. The first-order valence-electron chi connectivity index (χ1n) is 8.62. The third-order valence-electron chi connectivity index (χ3n) is 4.74. The largest absolute Gasteiger partial charge is 0.467 e. The van der Waals surface area contributed by atoms with Crippen LogP contribution in [0.25, 0.3) is 0 Å². The quantitative estimate of drug-likeness (QED) is 0.559. The van der Waals surface area contributed by atoms with Gasteiger partial charge in [0, 0.05) is 13.1 Å². The molecule has 0 spiro atoms. The molecule has 1 aromatic carbocycles. The summed E-state index contributed by atoms with van der Waals surface area (Å²) in [5.74, 6) is 0.656. The third kappa shape index (κ3) is 4.12. The fourth-order valence-electron chi connectivity index (χ4n) is 3.11. The molecule has 1 aliphatic rings. The number of quaternary nitrogens is 1. The Balaban J connectivity index is 1.90. The lowest BCUT2D eigenvalue weighted by Gasteiger charge is -2.29. The van der Waals surface area contributed by atoms with Gasteiger partial charge in [0.2, 0.25) is 10.0 Å². The van der Waals surface area contributed by atoms with Crippen molar-refractivity contribution < 1.29 is 22.7 Å². The summed E-state index contributed by atoms with van der Waals surface area (Å²) < 4.78 is 32.4. The minimum absolute atomic E-state index is 0.0519. The topological polar surface area (TPSA) is 101 Å². The zero-order chi connectivity index (χ0) is 19.6. The second kappa shape index (κ2) is 7.67. The van der Waals surface area contributed by atoms with Crippen molar-refractivity contribution in [2.75, 3.05) is 45.2 Å². The maximum Gasteiger partial charge on any atom is 0.293 e. The molecular formula is C17H23N4O5S+. The summed E-state index contributed by atoms with van der Waals surface area (Å²) >= 11 is 0. The van der Waals surface area contributed by atoms with Gasteiger partial charge in [0.25, 0.3) is 5.69 Å². The summed E-state index contributed by atoms with van der Waals surface area (Å²) in [6, 6.07) is 7.58. The smallest absolute Gasteiger partial charge is 0.293 e. The second-order valence-corrected chi connectivity index (χ2v) is 8.64. The number of hydrogen-bond acceptors (Lipinski definition) is 6. The Bertz CT molecular complexity index is 905. The van der Waals surface area contributed by atoms with Crippen LogP contribution in [0.3, 0.4) is 0 Å². The summed E-state index contributed by atoms with van der Waals surface area (Å²) in [5, 5.41) is 11.6. The molecule has 146 valence electrons. The van der Waals surface area contributed by atoms with Crippen LogP contribution in [-0.2, 0) is 16.6 Å². The summed E-state index contributed by atoms with van der Waals surface area (Å²) in [6.07, 6.45) is 1.53. The van der Waals surface area contributed by atoms with E-state index in [0.29, 0.717) is 44.2 Å². The van der Waals surface area contributed by atoms with E-state index in [9.17, 15) is 18.5 Å². The van der Waals surface area contributed by atoms with Gasteiger partial charge in [-0.1, -0.05) is 0 Å². The van der Waals surface area contributed by atoms with Gasteiger partial charge in [0.05, 0.1) is 55.9 Å². The molecule has 0 saturated carbocycles. The molecule has 1 aliphatic heterocycles. The predicted molar refractivity (Wildman–Crippen MR) is 99.3 cm³/mol. The van der Waals surface area contributed by atoms with Crippen LogP contribution in [-0.4, -0.2) is 57.9 Å². The SMILES string of the molecule is CN(Cc1ccco1)c1ccc(S(=O)(=O)N2CC[NH+](C)CC2)cc1[N+](=O)[O-]. The van der Waals surface area contributed by atoms with E-state index in [1.165, 1.54) is 27.6 Å². The lowest BCUT2D eigenvalue weighted by atomic mass is 10.2. The van der Waals surface area contributed by atoms with Gasteiger partial charge in [0.1, 0.15) is 11.4 Å². The van der Waals surface area contributed by atoms with E-state index in [2.05, 4.69) is 0 Å². The molecule has 0 bridgehead atoms. The number of nitrogens with one attached hydrogen (secondary N) is 1. The van der Waals surface area contributed by atoms with Gasteiger partial charge in [-0.15, -0.1) is 0 Å². The number of sulfonamides is 1. The average molecular weight is 395 g/mol. The number of nitrogens with zero attached hydrogens (tertiary/aromatic N) is 3. The van der Waals surface area contributed by atoms with Crippen LogP contribution in [0.4, 0.5) is 11.4 Å². The van der Waals surface area contributed by atoms with E-state index >= 15 is 0 Å². The van der Waals surface area contributed by atoms with Gasteiger partial charge in [-0.25, -0.2) is 8.42 Å². The van der Waals surface area contributed by atoms with Crippen LogP contribution in [0, 0.1) is 10.1 Å². The third-order valence-corrected chi connectivity index (χ3v) is 6.64. The summed E-state index contributed by atoms with van der Waals surface area (Å²) in [7, 11) is -0.0463. The molecule has 9 nitrogen and oxygen atoms in total. The van der Waals surface area contributed by atoms with E-state index in [1.54, 1.807) is 24.1 Å². The number of hydrogen-bond donors (Lipinski definition) is 1. The van der Waals surface area contributed by atoms with Gasteiger partial charge in [-0.05, 0) is 24.3 Å². The van der Waals surface area contributed by atoms with Crippen molar-refractivity contribution in [1.82, 2.24) is 4.31 Å². The van der Waals surface area contributed by atoms with Crippen molar-refractivity contribution in [1.29, 1.82) is 0 Å². The average Bonchev–Trinajstić information content (AvgIpc) is 3.14. The molecular weight excluding hydrogens is 372 g/mol. The molecule has 1 saturated heterocycles. The standard InChI is InChI=1S/C17H22N4O5S/c1-18-7-9-20(10-8-18)27(24,25)15-5-6-16(17(12-15)21(22)23)19(2)13-14-4-3-11-26-14/h3-6,11-12H,7-10,13H2,1-2H3/p+1. The lowest BCUT2D eigenvalue weighted by Crippen LogP contribution is -3.12. The number of furan rings is 1. The zero-order valence-corrected chi connectivity index (χ0v) is 16.1. The Morgan fingerprint density at radius 3 is 2.59 bits per heavy atom. The maximum atomic E-state index is 12.9. The highest BCUT2D eigenvalue weighted by atomic mass is 32.2. The van der Waals surface area contributed by atoms with Crippen LogP contribution in [0.1, 0.15) is 5.76 Å². The van der Waals surface area contributed by atoms with Crippen molar-refractivity contribution in [3.63, 3.8) is 0 Å². The first-order valence-corrected chi connectivity index (χ1v) is 10.1. The lowest BCUT2D eigenvalue weighted by molar-refractivity contribution is -0.883. The number of likely N-dealkylation sites (N-methyl/N-ethyl adjacent to an activating group) is 1. The van der Waals surface area contributed by atoms with Crippen LogP contribution in [0.5, 0.6) is 0 Å². The van der Waals surface area contributed by atoms with E-state index in [1.807, 2.05) is 7.05 Å². The first-order chi connectivity index (χ1) is 12.8. The molecule has 0 unspecified atom stereocenters. The Morgan fingerprint density at radius 1 is 1.30 bits per heavy atom. The Labute approximate surface area is 158 Å². The molecule has 2 aromatic rings. The highest BCUT2D eigenvalue weighted by Crippen LogP contribution is 2.32. The summed E-state index contributed by atoms with van der Waals surface area (Å²) in [4.78, 5) is 13.9. The Hall–Kier alpha value is -2.43. The second-order valence-electron chi connectivity index (χ2n) is 6.70. The van der Waals surface area contributed by atoms with Crippen molar-refractivity contribution in [2.24, 2.45) is 0 Å². The molecule has 2 heterocycles. The normalized spacial score (nSPS) is 16.4. The molecule has 0 atom stereocenters. The number of rotatable bonds is 6. The van der Waals surface area contributed by atoms with E-state index < -0.39 is 14.9 Å². The van der Waals surface area contributed by atoms with E-state index in [0.717, 1.165) is 6.07 Å². The van der Waals surface area contributed by atoms with Crippen molar-refractivity contribution >= 4 is 21.4 Å². The van der Waals surface area contributed by atoms with Gasteiger partial charge in [-0.2, -0.15) is 4.31 Å². The first kappa shape index (κ1) is 19.3. The highest BCUT2D eigenvalue weighted by Gasteiger charge is 2.31. The molecule has 27 heavy (non-hydrogen) atoms. The van der Waals surface area contributed by atoms with Gasteiger partial charge in [-0.3, -0.25) is 10.1 Å². The fraction of sp³-hybridized carbons (Fsp3) is 0.412. The van der Waals surface area contributed by atoms with Crippen LogP contribution in [0.15, 0.2) is 45.9 Å². The maximum absolute atomic E-state index is 12.9. The molecule has 0 aliphatic carbocycles. The number of nitro groups is 1. The molecule has 0 radical (unpaired) electrons. The van der Waals surface area contributed by atoms with Crippen LogP contribution in [0.2, 0.25) is 0 Å². The summed E-state index contributed by atoms with van der Waals surface area (Å²) in [5.41, 5.74) is 0.0862. The number of benzene rings is 1. The minimum atomic E-state index is -3.76. The predicted octanol–water partition coefficient (Wildman–Crippen LogP) is 0.343. The van der Waals surface area contributed by atoms with Crippen molar-refractivity contribution in [3.05, 3.63) is 52.5 Å². The molecule has 0 amide bonds. The fourth-order valence-corrected chi connectivity index (χ4v) is 4.57. The number of anilines is 1. The molecule has 3 rings (SSSR count). The van der Waals surface area contributed by atoms with Gasteiger partial charge in [0.15, 0.2) is 0 Å². The number of nitro benzene ring substituents is 1. The zero-order valence-electron chi connectivity index (χ0n) is 15.3. The molecule has 10 heteroatoms. The Kier molecular flexibility index (Phi) is 5.49. The van der Waals surface area contributed by atoms with E-state index in [-0.39, 0.29) is 10.6 Å². The van der Waals surface area contributed by atoms with Crippen LogP contribution >= 0.6 is 0 Å². The van der Waals surface area contributed by atoms with Crippen LogP contribution < -0.4 is 9.80 Å². The van der Waals surface area contributed by atoms with Crippen molar-refractivity contribution in [3.8, 4) is 0 Å². The molecule has 1 N–H and O–H groups in total. The molecule has 1 fully saturated rings.